The van der Waals surface area contributed by atoms with E-state index in [9.17, 15) is 0 Å². The Kier molecular flexibility index (Phi) is 5.63. The first-order valence-corrected chi connectivity index (χ1v) is 7.43. The standard InChI is InChI=1S/C14H26N2S/c1-6-16(7-2)14(3,4)13(15-5)10-12-8-9-17-11-12/h8-9,11,13,15H,6-7,10H2,1-5H3. The fraction of sp³-hybridized carbons (Fsp3) is 0.714. The normalized spacial score (nSPS) is 14.2. The SMILES string of the molecule is CCN(CC)C(C)(C)C(Cc1ccsc1)NC. The van der Waals surface area contributed by atoms with Crippen molar-refractivity contribution in [2.45, 2.75) is 45.7 Å². The minimum absolute atomic E-state index is 0.181. The summed E-state index contributed by atoms with van der Waals surface area (Å²) in [5, 5.41) is 7.90. The number of rotatable bonds is 7. The molecule has 0 aliphatic rings. The van der Waals surface area contributed by atoms with E-state index in [0.29, 0.717) is 6.04 Å². The Labute approximate surface area is 110 Å². The third-order valence-electron chi connectivity index (χ3n) is 3.80. The van der Waals surface area contributed by atoms with Gasteiger partial charge in [0.15, 0.2) is 0 Å². The molecule has 0 aliphatic carbocycles. The average molecular weight is 254 g/mol. The Balaban J connectivity index is 2.77. The Hall–Kier alpha value is -0.380. The van der Waals surface area contributed by atoms with Crippen molar-refractivity contribution in [2.24, 2.45) is 0 Å². The summed E-state index contributed by atoms with van der Waals surface area (Å²) in [4.78, 5) is 2.53. The lowest BCUT2D eigenvalue weighted by Gasteiger charge is -2.43. The lowest BCUT2D eigenvalue weighted by molar-refractivity contribution is 0.0944. The molecule has 3 heteroatoms. The van der Waals surface area contributed by atoms with Crippen molar-refractivity contribution in [2.75, 3.05) is 20.1 Å². The van der Waals surface area contributed by atoms with Crippen LogP contribution in [0.1, 0.15) is 33.3 Å². The number of hydrogen-bond donors (Lipinski definition) is 1. The molecular formula is C14H26N2S. The number of likely N-dealkylation sites (N-methyl/N-ethyl adjacent to an activating group) is 2. The molecule has 1 unspecified atom stereocenters. The Bertz CT molecular complexity index is 302. The number of thiophene rings is 1. The lowest BCUT2D eigenvalue weighted by Crippen LogP contribution is -2.57. The first-order valence-electron chi connectivity index (χ1n) is 6.49. The van der Waals surface area contributed by atoms with Gasteiger partial charge in [-0.2, -0.15) is 11.3 Å². The van der Waals surface area contributed by atoms with Crippen molar-refractivity contribution in [3.63, 3.8) is 0 Å². The van der Waals surface area contributed by atoms with Crippen molar-refractivity contribution < 1.29 is 0 Å². The Morgan fingerprint density at radius 1 is 1.35 bits per heavy atom. The van der Waals surface area contributed by atoms with Crippen LogP contribution in [0, 0.1) is 0 Å². The van der Waals surface area contributed by atoms with E-state index >= 15 is 0 Å². The van der Waals surface area contributed by atoms with Crippen molar-refractivity contribution in [1.82, 2.24) is 10.2 Å². The minimum atomic E-state index is 0.181. The molecule has 0 aromatic carbocycles. The summed E-state index contributed by atoms with van der Waals surface area (Å²) in [5.41, 5.74) is 1.62. The van der Waals surface area contributed by atoms with Gasteiger partial charge in [0.2, 0.25) is 0 Å². The summed E-state index contributed by atoms with van der Waals surface area (Å²) >= 11 is 1.78. The molecule has 0 bridgehead atoms. The van der Waals surface area contributed by atoms with Crippen molar-refractivity contribution in [3.8, 4) is 0 Å². The molecule has 1 aromatic heterocycles. The number of nitrogens with zero attached hydrogens (tertiary/aromatic N) is 1. The zero-order valence-corrected chi connectivity index (χ0v) is 12.6. The topological polar surface area (TPSA) is 15.3 Å². The van der Waals surface area contributed by atoms with Crippen LogP contribution in [-0.4, -0.2) is 36.6 Å². The smallest absolute Gasteiger partial charge is 0.0309 e. The van der Waals surface area contributed by atoms with Crippen LogP contribution >= 0.6 is 11.3 Å². The van der Waals surface area contributed by atoms with Crippen LogP contribution in [0.25, 0.3) is 0 Å². The van der Waals surface area contributed by atoms with Gasteiger partial charge in [0.05, 0.1) is 0 Å². The molecular weight excluding hydrogens is 228 g/mol. The predicted octanol–water partition coefficient (Wildman–Crippen LogP) is 3.00. The summed E-state index contributed by atoms with van der Waals surface area (Å²) in [5.74, 6) is 0. The van der Waals surface area contributed by atoms with Crippen molar-refractivity contribution >= 4 is 11.3 Å². The zero-order chi connectivity index (χ0) is 12.9. The molecule has 0 spiro atoms. The van der Waals surface area contributed by atoms with Gasteiger partial charge in [-0.3, -0.25) is 4.90 Å². The van der Waals surface area contributed by atoms with Crippen LogP contribution in [0.2, 0.25) is 0 Å². The fourth-order valence-electron chi connectivity index (χ4n) is 2.61. The highest BCUT2D eigenvalue weighted by molar-refractivity contribution is 7.07. The second kappa shape index (κ2) is 6.53. The van der Waals surface area contributed by atoms with Crippen LogP contribution < -0.4 is 5.32 Å². The second-order valence-electron chi connectivity index (χ2n) is 5.00. The molecule has 1 atom stereocenters. The zero-order valence-electron chi connectivity index (χ0n) is 11.8. The molecule has 2 nitrogen and oxygen atoms in total. The van der Waals surface area contributed by atoms with Crippen LogP contribution in [-0.2, 0) is 6.42 Å². The highest BCUT2D eigenvalue weighted by atomic mass is 32.1. The molecule has 0 fully saturated rings. The summed E-state index contributed by atoms with van der Waals surface area (Å²) in [6, 6.07) is 2.71. The van der Waals surface area contributed by atoms with Crippen LogP contribution in [0.4, 0.5) is 0 Å². The summed E-state index contributed by atoms with van der Waals surface area (Å²) in [6.07, 6.45) is 1.10. The highest BCUT2D eigenvalue weighted by Crippen LogP contribution is 2.22. The third kappa shape index (κ3) is 3.54. The van der Waals surface area contributed by atoms with Gasteiger partial charge < -0.3 is 5.32 Å². The van der Waals surface area contributed by atoms with Gasteiger partial charge in [-0.15, -0.1) is 0 Å². The first kappa shape index (κ1) is 14.7. The third-order valence-corrected chi connectivity index (χ3v) is 4.53. The fourth-order valence-corrected chi connectivity index (χ4v) is 3.29. The van der Waals surface area contributed by atoms with E-state index in [0.717, 1.165) is 19.5 Å². The summed E-state index contributed by atoms with van der Waals surface area (Å²) in [7, 11) is 2.07. The van der Waals surface area contributed by atoms with E-state index < -0.39 is 0 Å². The van der Waals surface area contributed by atoms with Gasteiger partial charge in [-0.1, -0.05) is 13.8 Å². The van der Waals surface area contributed by atoms with Crippen molar-refractivity contribution in [1.29, 1.82) is 0 Å². The highest BCUT2D eigenvalue weighted by Gasteiger charge is 2.32. The van der Waals surface area contributed by atoms with Crippen LogP contribution in [0.3, 0.4) is 0 Å². The molecule has 17 heavy (non-hydrogen) atoms. The van der Waals surface area contributed by atoms with E-state index in [4.69, 9.17) is 0 Å². The second-order valence-corrected chi connectivity index (χ2v) is 5.78. The maximum absolute atomic E-state index is 3.49. The van der Waals surface area contributed by atoms with Gasteiger partial charge in [0.1, 0.15) is 0 Å². The molecule has 1 aromatic rings. The summed E-state index contributed by atoms with van der Waals surface area (Å²) < 4.78 is 0. The molecule has 1 N–H and O–H groups in total. The molecule has 0 amide bonds. The molecule has 0 saturated heterocycles. The van der Waals surface area contributed by atoms with Gasteiger partial charge in [-0.25, -0.2) is 0 Å². The van der Waals surface area contributed by atoms with E-state index in [2.05, 4.69) is 61.8 Å². The first-order chi connectivity index (χ1) is 8.06. The van der Waals surface area contributed by atoms with E-state index in [1.807, 2.05) is 0 Å². The van der Waals surface area contributed by atoms with Gasteiger partial charge in [-0.05, 0) is 62.8 Å². The molecule has 0 radical (unpaired) electrons. The number of nitrogens with one attached hydrogen (secondary N) is 1. The van der Waals surface area contributed by atoms with Crippen molar-refractivity contribution in [3.05, 3.63) is 22.4 Å². The Morgan fingerprint density at radius 3 is 2.41 bits per heavy atom. The summed E-state index contributed by atoms with van der Waals surface area (Å²) in [6.45, 7) is 11.4. The molecule has 1 heterocycles. The van der Waals surface area contributed by atoms with E-state index in [-0.39, 0.29) is 5.54 Å². The molecule has 1 rings (SSSR count). The number of hydrogen-bond acceptors (Lipinski definition) is 3. The van der Waals surface area contributed by atoms with E-state index in [1.54, 1.807) is 11.3 Å². The monoisotopic (exact) mass is 254 g/mol. The predicted molar refractivity (Wildman–Crippen MR) is 77.9 cm³/mol. The maximum atomic E-state index is 3.49. The van der Waals surface area contributed by atoms with Gasteiger partial charge in [0, 0.05) is 11.6 Å². The Morgan fingerprint density at radius 2 is 2.00 bits per heavy atom. The lowest BCUT2D eigenvalue weighted by atomic mass is 9.88. The largest absolute Gasteiger partial charge is 0.315 e. The maximum Gasteiger partial charge on any atom is 0.0309 e. The quantitative estimate of drug-likeness (QED) is 0.805. The van der Waals surface area contributed by atoms with Crippen LogP contribution in [0.15, 0.2) is 16.8 Å². The van der Waals surface area contributed by atoms with Gasteiger partial charge in [0.25, 0.3) is 0 Å². The molecule has 98 valence electrons. The minimum Gasteiger partial charge on any atom is -0.315 e. The van der Waals surface area contributed by atoms with Crippen LogP contribution in [0.5, 0.6) is 0 Å². The van der Waals surface area contributed by atoms with Gasteiger partial charge >= 0.3 is 0 Å². The van der Waals surface area contributed by atoms with E-state index in [1.165, 1.54) is 5.56 Å². The molecule has 0 aliphatic heterocycles. The molecule has 0 saturated carbocycles. The average Bonchev–Trinajstić information content (AvgIpc) is 2.79.